The maximum atomic E-state index is 11.4. The Labute approximate surface area is 151 Å². The van der Waals surface area contributed by atoms with Gasteiger partial charge in [0.25, 0.3) is 5.56 Å². The highest BCUT2D eigenvalue weighted by Gasteiger charge is 2.09. The van der Waals surface area contributed by atoms with E-state index >= 15 is 0 Å². The average molecular weight is 371 g/mol. The fourth-order valence-electron chi connectivity index (χ4n) is 2.43. The molecule has 27 heavy (non-hydrogen) atoms. The van der Waals surface area contributed by atoms with E-state index in [1.165, 1.54) is 25.1 Å². The number of hydrogen-bond acceptors (Lipinski definition) is 6. The third kappa shape index (κ3) is 3.42. The summed E-state index contributed by atoms with van der Waals surface area (Å²) in [6.07, 6.45) is 0.856. The first-order valence-corrected chi connectivity index (χ1v) is 7.81. The Morgan fingerprint density at radius 1 is 1.19 bits per heavy atom. The first-order valence-electron chi connectivity index (χ1n) is 7.81. The second-order valence-corrected chi connectivity index (χ2v) is 5.53. The largest absolute Gasteiger partial charge is 0.453 e. The summed E-state index contributed by atoms with van der Waals surface area (Å²) in [5.74, 6) is 0.387. The molecule has 0 aliphatic carbocycles. The van der Waals surface area contributed by atoms with Crippen molar-refractivity contribution in [2.75, 3.05) is 12.4 Å². The van der Waals surface area contributed by atoms with E-state index in [-0.39, 0.29) is 11.2 Å². The quantitative estimate of drug-likeness (QED) is 0.450. The molecule has 0 radical (unpaired) electrons. The number of aromatic nitrogens is 6. The summed E-state index contributed by atoms with van der Waals surface area (Å²) in [5.41, 5.74) is 1.69. The molecule has 3 N–H and O–H groups in total. The molecule has 0 atom stereocenters. The number of ether oxygens (including phenoxy) is 1. The highest BCUT2D eigenvalue weighted by Crippen LogP contribution is 2.13. The van der Waals surface area contributed by atoms with Gasteiger partial charge in [0.2, 0.25) is 5.95 Å². The molecule has 1 aromatic carbocycles. The maximum Gasteiger partial charge on any atom is 0.413 e. The number of carbonyl (C=O) groups is 1. The molecule has 0 unspecified atom stereocenters. The van der Waals surface area contributed by atoms with Gasteiger partial charge in [-0.25, -0.2) is 19.6 Å². The first kappa shape index (κ1) is 17.9. The molecule has 0 aliphatic rings. The van der Waals surface area contributed by atoms with Crippen LogP contribution in [0.25, 0.3) is 22.2 Å². The molecule has 0 bridgehead atoms. The van der Waals surface area contributed by atoms with Gasteiger partial charge < -0.3 is 14.7 Å². The number of nitrogens with one attached hydrogen (secondary N) is 3. The number of H-pyrrole nitrogens is 2. The van der Waals surface area contributed by atoms with Crippen LogP contribution >= 0.6 is 0 Å². The van der Waals surface area contributed by atoms with Crippen molar-refractivity contribution in [1.82, 2.24) is 29.1 Å². The number of anilines is 1. The van der Waals surface area contributed by atoms with Gasteiger partial charge in [0.1, 0.15) is 5.52 Å². The Morgan fingerprint density at radius 2 is 1.93 bits per heavy atom. The summed E-state index contributed by atoms with van der Waals surface area (Å²) < 4.78 is 6.81. The molecule has 4 aromatic rings. The summed E-state index contributed by atoms with van der Waals surface area (Å²) in [6.45, 7) is 0. The number of para-hydroxylation sites is 2. The van der Waals surface area contributed by atoms with Gasteiger partial charge in [0.05, 0.1) is 24.5 Å². The number of hydrogen-bond donors (Lipinski definition) is 3. The fourth-order valence-corrected chi connectivity index (χ4v) is 2.43. The fraction of sp³-hybridized carbons (Fsp3) is 0.188. The van der Waals surface area contributed by atoms with Crippen LogP contribution in [-0.2, 0) is 18.8 Å². The number of benzene rings is 1. The summed E-state index contributed by atoms with van der Waals surface area (Å²) >= 11 is 0. The van der Waals surface area contributed by atoms with E-state index in [1.54, 1.807) is 7.05 Å². The van der Waals surface area contributed by atoms with Gasteiger partial charge in [-0.05, 0) is 12.1 Å². The molecule has 0 fully saturated rings. The Hall–Kier alpha value is -3.89. The number of rotatable bonds is 1. The molecular weight excluding hydrogens is 354 g/mol. The Morgan fingerprint density at radius 3 is 2.63 bits per heavy atom. The summed E-state index contributed by atoms with van der Waals surface area (Å²) in [5, 5.41) is 2.45. The first-order chi connectivity index (χ1) is 12.9. The Kier molecular flexibility index (Phi) is 4.75. The highest BCUT2D eigenvalue weighted by molar-refractivity contribution is 5.86. The predicted molar refractivity (Wildman–Crippen MR) is 98.7 cm³/mol. The van der Waals surface area contributed by atoms with E-state index in [9.17, 15) is 14.4 Å². The number of nitrogens with zero attached hydrogens (tertiary/aromatic N) is 4. The lowest BCUT2D eigenvalue weighted by atomic mass is 10.3. The number of methoxy groups -OCH3 is 1. The van der Waals surface area contributed by atoms with Crippen molar-refractivity contribution in [3.8, 4) is 0 Å². The molecule has 3 heterocycles. The van der Waals surface area contributed by atoms with Crippen LogP contribution in [0.2, 0.25) is 0 Å². The van der Waals surface area contributed by atoms with Crippen molar-refractivity contribution in [2.24, 2.45) is 14.1 Å². The third-order valence-corrected chi connectivity index (χ3v) is 3.82. The minimum absolute atomic E-state index is 0.351. The lowest BCUT2D eigenvalue weighted by Gasteiger charge is -2.00. The standard InChI is InChI=1S/C9H9N3O2.C7H8N4O2/c1-14-9(13)12-8-10-6-4-2-3-5-7(6)11-8;1-10-5-4(8-3-9-5)6(12)11(2)7(10)13/h2-5H,1H3,(H2,10,11,12,13);3H,1-2H3,(H,8,9). The molecule has 0 aliphatic heterocycles. The van der Waals surface area contributed by atoms with E-state index in [1.807, 2.05) is 24.3 Å². The number of aryl methyl sites for hydroxylation is 1. The SMILES string of the molecule is COC(=O)Nc1nc2ccccc2[nH]1.Cn1c(=O)c2[nH]cnc2n(C)c1=O. The van der Waals surface area contributed by atoms with E-state index in [0.29, 0.717) is 17.1 Å². The van der Waals surface area contributed by atoms with Crippen LogP contribution in [0.1, 0.15) is 0 Å². The minimum Gasteiger partial charge on any atom is -0.453 e. The van der Waals surface area contributed by atoms with Gasteiger partial charge in [-0.15, -0.1) is 0 Å². The van der Waals surface area contributed by atoms with Gasteiger partial charge in [-0.1, -0.05) is 12.1 Å². The van der Waals surface area contributed by atoms with Crippen LogP contribution in [-0.4, -0.2) is 42.3 Å². The van der Waals surface area contributed by atoms with E-state index in [2.05, 4.69) is 30.0 Å². The Balaban J connectivity index is 0.000000156. The van der Waals surface area contributed by atoms with Crippen LogP contribution < -0.4 is 16.6 Å². The number of carbonyl (C=O) groups excluding carboxylic acids is 1. The molecule has 1 amide bonds. The van der Waals surface area contributed by atoms with Crippen molar-refractivity contribution >= 4 is 34.2 Å². The van der Waals surface area contributed by atoms with Gasteiger partial charge in [-0.2, -0.15) is 0 Å². The molecule has 140 valence electrons. The lowest BCUT2D eigenvalue weighted by molar-refractivity contribution is 0.186. The second-order valence-electron chi connectivity index (χ2n) is 5.53. The van der Waals surface area contributed by atoms with E-state index in [4.69, 9.17) is 0 Å². The average Bonchev–Trinajstić information content (AvgIpc) is 3.31. The van der Waals surface area contributed by atoms with E-state index in [0.717, 1.165) is 15.6 Å². The van der Waals surface area contributed by atoms with Crippen LogP contribution in [0.3, 0.4) is 0 Å². The third-order valence-electron chi connectivity index (χ3n) is 3.82. The molecule has 11 heteroatoms. The van der Waals surface area contributed by atoms with Crippen LogP contribution in [0.5, 0.6) is 0 Å². The molecule has 4 rings (SSSR count). The van der Waals surface area contributed by atoms with Gasteiger partial charge in [0.15, 0.2) is 5.65 Å². The van der Waals surface area contributed by atoms with Crippen molar-refractivity contribution in [3.05, 3.63) is 51.4 Å². The van der Waals surface area contributed by atoms with Crippen LogP contribution in [0, 0.1) is 0 Å². The zero-order chi connectivity index (χ0) is 19.6. The normalized spacial score (nSPS) is 10.5. The van der Waals surface area contributed by atoms with Gasteiger partial charge >= 0.3 is 11.8 Å². The predicted octanol–water partition coefficient (Wildman–Crippen LogP) is 0.701. The van der Waals surface area contributed by atoms with Crippen molar-refractivity contribution in [2.45, 2.75) is 0 Å². The van der Waals surface area contributed by atoms with Gasteiger partial charge in [-0.3, -0.25) is 19.2 Å². The van der Waals surface area contributed by atoms with Crippen molar-refractivity contribution in [1.29, 1.82) is 0 Å². The lowest BCUT2D eigenvalue weighted by Crippen LogP contribution is -2.36. The molecule has 11 nitrogen and oxygen atoms in total. The second kappa shape index (κ2) is 7.15. The zero-order valence-electron chi connectivity index (χ0n) is 14.8. The Bertz CT molecular complexity index is 1200. The molecule has 0 spiro atoms. The summed E-state index contributed by atoms with van der Waals surface area (Å²) in [7, 11) is 4.31. The highest BCUT2D eigenvalue weighted by atomic mass is 16.5. The molecule has 3 aromatic heterocycles. The topological polar surface area (TPSA) is 140 Å². The van der Waals surface area contributed by atoms with Crippen molar-refractivity contribution in [3.63, 3.8) is 0 Å². The van der Waals surface area contributed by atoms with Gasteiger partial charge in [0, 0.05) is 14.1 Å². The monoisotopic (exact) mass is 371 g/mol. The van der Waals surface area contributed by atoms with Crippen molar-refractivity contribution < 1.29 is 9.53 Å². The van der Waals surface area contributed by atoms with E-state index < -0.39 is 6.09 Å². The number of imidazole rings is 2. The molecular formula is C16H17N7O4. The maximum absolute atomic E-state index is 11.4. The summed E-state index contributed by atoms with van der Waals surface area (Å²) in [4.78, 5) is 47.3. The van der Waals surface area contributed by atoms with Crippen LogP contribution in [0.4, 0.5) is 10.7 Å². The minimum atomic E-state index is -0.538. The van der Waals surface area contributed by atoms with Crippen LogP contribution in [0.15, 0.2) is 40.2 Å². The molecule has 0 saturated heterocycles. The molecule has 0 saturated carbocycles. The zero-order valence-corrected chi connectivity index (χ0v) is 14.8. The summed E-state index contributed by atoms with van der Waals surface area (Å²) in [6, 6.07) is 7.51. The number of amides is 1. The number of aromatic amines is 2. The number of fused-ring (bicyclic) bond motifs is 2. The smallest absolute Gasteiger partial charge is 0.413 e.